The van der Waals surface area contributed by atoms with Gasteiger partial charge in [0, 0.05) is 11.3 Å². The minimum atomic E-state index is -0.571. The Balaban J connectivity index is 1.89. The zero-order chi connectivity index (χ0) is 17.1. The molecule has 3 nitrogen and oxygen atoms in total. The molecule has 0 aliphatic carbocycles. The van der Waals surface area contributed by atoms with Crippen molar-refractivity contribution in [2.24, 2.45) is 0 Å². The lowest BCUT2D eigenvalue weighted by molar-refractivity contribution is 0.103. The van der Waals surface area contributed by atoms with Crippen molar-refractivity contribution in [1.82, 2.24) is 0 Å². The minimum absolute atomic E-state index is 0.00702. The smallest absolute Gasteiger partial charge is 0.197 e. The molecule has 5 heteroatoms. The van der Waals surface area contributed by atoms with E-state index in [1.54, 1.807) is 30.3 Å². The van der Waals surface area contributed by atoms with Gasteiger partial charge in [-0.05, 0) is 42.5 Å². The maximum atomic E-state index is 13.8. The average molecular weight is 341 g/mol. The van der Waals surface area contributed by atoms with Crippen LogP contribution in [0.5, 0.6) is 0 Å². The number of rotatable bonds is 4. The summed E-state index contributed by atoms with van der Waals surface area (Å²) in [6.07, 6.45) is 0. The Morgan fingerprint density at radius 3 is 2.38 bits per heavy atom. The number of nitrogens with two attached hydrogens (primary N) is 1. The van der Waals surface area contributed by atoms with Gasteiger partial charge in [-0.25, -0.2) is 4.39 Å². The van der Waals surface area contributed by atoms with Crippen LogP contribution in [0.4, 0.5) is 21.5 Å². The fraction of sp³-hybridized carbons (Fsp3) is 0. The van der Waals surface area contributed by atoms with Gasteiger partial charge in [-0.3, -0.25) is 4.79 Å². The molecule has 0 aromatic heterocycles. The lowest BCUT2D eigenvalue weighted by atomic mass is 10.0. The lowest BCUT2D eigenvalue weighted by Crippen LogP contribution is -2.05. The molecule has 3 N–H and O–H groups in total. The normalized spacial score (nSPS) is 10.4. The molecule has 24 heavy (non-hydrogen) atoms. The number of nitrogens with one attached hydrogen (secondary N) is 1. The van der Waals surface area contributed by atoms with Gasteiger partial charge in [-0.1, -0.05) is 35.9 Å². The highest BCUT2D eigenvalue weighted by Crippen LogP contribution is 2.28. The van der Waals surface area contributed by atoms with E-state index in [0.717, 1.165) is 5.69 Å². The maximum Gasteiger partial charge on any atom is 0.197 e. The SMILES string of the molecule is Nc1ccccc1Nc1ccc(C(=O)c2ccccc2F)c(Cl)c1. The van der Waals surface area contributed by atoms with Crippen molar-refractivity contribution >= 4 is 34.4 Å². The van der Waals surface area contributed by atoms with Crippen LogP contribution in [0.2, 0.25) is 5.02 Å². The molecule has 0 bridgehead atoms. The first-order valence-corrected chi connectivity index (χ1v) is 7.64. The van der Waals surface area contributed by atoms with Gasteiger partial charge in [-0.2, -0.15) is 0 Å². The standard InChI is InChI=1S/C19H14ClFN2O/c20-15-11-12(23-18-8-4-3-7-17(18)22)9-10-13(15)19(24)14-5-1-2-6-16(14)21/h1-11,23H,22H2. The number of hydrogen-bond donors (Lipinski definition) is 2. The van der Waals surface area contributed by atoms with Crippen LogP contribution in [0.15, 0.2) is 66.7 Å². The third-order valence-corrected chi connectivity index (χ3v) is 3.88. The molecule has 3 aromatic carbocycles. The van der Waals surface area contributed by atoms with Crippen molar-refractivity contribution in [3.63, 3.8) is 0 Å². The van der Waals surface area contributed by atoms with Gasteiger partial charge in [-0.15, -0.1) is 0 Å². The van der Waals surface area contributed by atoms with Crippen LogP contribution in [-0.2, 0) is 0 Å². The van der Waals surface area contributed by atoms with E-state index in [1.165, 1.54) is 18.2 Å². The zero-order valence-corrected chi connectivity index (χ0v) is 13.3. The van der Waals surface area contributed by atoms with Crippen molar-refractivity contribution in [3.8, 4) is 0 Å². The fourth-order valence-corrected chi connectivity index (χ4v) is 2.60. The Morgan fingerprint density at radius 2 is 1.67 bits per heavy atom. The van der Waals surface area contributed by atoms with E-state index >= 15 is 0 Å². The predicted molar refractivity (Wildman–Crippen MR) is 95.4 cm³/mol. The Kier molecular flexibility index (Phi) is 4.49. The molecule has 0 heterocycles. The van der Waals surface area contributed by atoms with Gasteiger partial charge < -0.3 is 11.1 Å². The highest BCUT2D eigenvalue weighted by molar-refractivity contribution is 6.35. The van der Waals surface area contributed by atoms with Gasteiger partial charge in [0.25, 0.3) is 0 Å². The van der Waals surface area contributed by atoms with Crippen LogP contribution in [-0.4, -0.2) is 5.78 Å². The first-order chi connectivity index (χ1) is 11.6. The predicted octanol–water partition coefficient (Wildman–Crippen LogP) is 5.04. The third kappa shape index (κ3) is 3.24. The second-order valence-electron chi connectivity index (χ2n) is 5.22. The van der Waals surface area contributed by atoms with Crippen LogP contribution < -0.4 is 11.1 Å². The van der Waals surface area contributed by atoms with Gasteiger partial charge in [0.05, 0.1) is 22.0 Å². The first kappa shape index (κ1) is 16.0. The summed E-state index contributed by atoms with van der Waals surface area (Å²) in [4.78, 5) is 12.4. The summed E-state index contributed by atoms with van der Waals surface area (Å²) in [5.41, 5.74) is 8.14. The van der Waals surface area contributed by atoms with Crippen LogP contribution in [0.25, 0.3) is 0 Å². The number of anilines is 3. The quantitative estimate of drug-likeness (QED) is 0.517. The van der Waals surface area contributed by atoms with Crippen molar-refractivity contribution in [3.05, 3.63) is 88.7 Å². The minimum Gasteiger partial charge on any atom is -0.397 e. The molecule has 3 aromatic rings. The van der Waals surface area contributed by atoms with Gasteiger partial charge in [0.1, 0.15) is 5.82 Å². The van der Waals surface area contributed by atoms with Crippen LogP contribution in [0.3, 0.4) is 0 Å². The van der Waals surface area contributed by atoms with Gasteiger partial charge >= 0.3 is 0 Å². The van der Waals surface area contributed by atoms with Crippen LogP contribution in [0.1, 0.15) is 15.9 Å². The number of hydrogen-bond acceptors (Lipinski definition) is 3. The Morgan fingerprint density at radius 1 is 0.958 bits per heavy atom. The molecule has 0 aliphatic rings. The topological polar surface area (TPSA) is 55.1 Å². The summed E-state index contributed by atoms with van der Waals surface area (Å²) in [5, 5.41) is 3.37. The van der Waals surface area contributed by atoms with E-state index in [-0.39, 0.29) is 16.1 Å². The van der Waals surface area contributed by atoms with E-state index in [2.05, 4.69) is 5.32 Å². The highest BCUT2D eigenvalue weighted by atomic mass is 35.5. The molecule has 0 saturated carbocycles. The third-order valence-electron chi connectivity index (χ3n) is 3.57. The number of benzene rings is 3. The molecule has 120 valence electrons. The lowest BCUT2D eigenvalue weighted by Gasteiger charge is -2.11. The Labute approximate surface area is 143 Å². The van der Waals surface area contributed by atoms with E-state index < -0.39 is 11.6 Å². The van der Waals surface area contributed by atoms with Crippen molar-refractivity contribution in [2.75, 3.05) is 11.1 Å². The molecule has 0 amide bonds. The molecule has 3 rings (SSSR count). The molecular formula is C19H14ClFN2O. The van der Waals surface area contributed by atoms with Gasteiger partial charge in [0.15, 0.2) is 5.78 Å². The molecule has 0 fully saturated rings. The number of halogens is 2. The number of ketones is 1. The zero-order valence-electron chi connectivity index (χ0n) is 12.6. The monoisotopic (exact) mass is 340 g/mol. The van der Waals surface area contributed by atoms with E-state index in [0.29, 0.717) is 11.4 Å². The fourth-order valence-electron chi connectivity index (χ4n) is 2.33. The molecule has 0 aliphatic heterocycles. The van der Waals surface area contributed by atoms with Crippen LogP contribution in [0, 0.1) is 5.82 Å². The molecule has 0 saturated heterocycles. The molecule has 0 atom stereocenters. The number of para-hydroxylation sites is 2. The number of carbonyl (C=O) groups excluding carboxylic acids is 1. The Hall–Kier alpha value is -2.85. The van der Waals surface area contributed by atoms with Crippen molar-refractivity contribution < 1.29 is 9.18 Å². The highest BCUT2D eigenvalue weighted by Gasteiger charge is 2.16. The summed E-state index contributed by atoms with van der Waals surface area (Å²) in [6, 6.07) is 18.0. The molecular weight excluding hydrogens is 327 g/mol. The molecule has 0 unspecified atom stereocenters. The second-order valence-corrected chi connectivity index (χ2v) is 5.62. The van der Waals surface area contributed by atoms with E-state index in [1.807, 2.05) is 18.2 Å². The number of nitrogen functional groups attached to an aromatic ring is 1. The summed E-state index contributed by atoms with van der Waals surface area (Å²) in [5.74, 6) is -1.03. The van der Waals surface area contributed by atoms with E-state index in [4.69, 9.17) is 17.3 Å². The van der Waals surface area contributed by atoms with Crippen molar-refractivity contribution in [1.29, 1.82) is 0 Å². The first-order valence-electron chi connectivity index (χ1n) is 7.26. The number of carbonyl (C=O) groups is 1. The second kappa shape index (κ2) is 6.72. The van der Waals surface area contributed by atoms with Crippen molar-refractivity contribution in [2.45, 2.75) is 0 Å². The molecule has 0 spiro atoms. The Bertz CT molecular complexity index is 911. The summed E-state index contributed by atoms with van der Waals surface area (Å²) < 4.78 is 13.8. The molecule has 0 radical (unpaired) electrons. The summed E-state index contributed by atoms with van der Waals surface area (Å²) in [6.45, 7) is 0. The average Bonchev–Trinajstić information content (AvgIpc) is 2.57. The van der Waals surface area contributed by atoms with E-state index in [9.17, 15) is 9.18 Å². The summed E-state index contributed by atoms with van der Waals surface area (Å²) in [7, 11) is 0. The maximum absolute atomic E-state index is 13.8. The van der Waals surface area contributed by atoms with Crippen LogP contribution >= 0.6 is 11.6 Å². The van der Waals surface area contributed by atoms with Gasteiger partial charge in [0.2, 0.25) is 0 Å². The largest absolute Gasteiger partial charge is 0.397 e. The summed E-state index contributed by atoms with van der Waals surface area (Å²) >= 11 is 6.22.